The van der Waals surface area contributed by atoms with Gasteiger partial charge in [0.25, 0.3) is 0 Å². The summed E-state index contributed by atoms with van der Waals surface area (Å²) in [6, 6.07) is 12.3. The van der Waals surface area contributed by atoms with Gasteiger partial charge in [0.05, 0.1) is 0 Å². The molecule has 1 fully saturated rings. The first-order chi connectivity index (χ1) is 14.8. The summed E-state index contributed by atoms with van der Waals surface area (Å²) in [4.78, 5) is 27.0. The van der Waals surface area contributed by atoms with Gasteiger partial charge in [-0.1, -0.05) is 45.0 Å². The zero-order valence-corrected chi connectivity index (χ0v) is 18.5. The topological polar surface area (TPSA) is 76.5 Å². The third kappa shape index (κ3) is 4.42. The summed E-state index contributed by atoms with van der Waals surface area (Å²) >= 11 is 0. The SMILES string of the molecule is CC(C)(C)CN1CCC(c2c(N)oc3ccc(C(=O)c4ccccc4C=O)cc23)CC1. The van der Waals surface area contributed by atoms with Crippen molar-refractivity contribution in [1.82, 2.24) is 4.90 Å². The Hall–Kier alpha value is -2.92. The number of nitrogens with two attached hydrogens (primary N) is 1. The van der Waals surface area contributed by atoms with Crippen molar-refractivity contribution in [2.75, 3.05) is 25.4 Å². The molecule has 2 heterocycles. The second-order valence-electron chi connectivity index (χ2n) is 9.74. The molecule has 5 heteroatoms. The van der Waals surface area contributed by atoms with Crippen molar-refractivity contribution in [3.8, 4) is 0 Å². The van der Waals surface area contributed by atoms with Gasteiger partial charge in [-0.3, -0.25) is 9.59 Å². The van der Waals surface area contributed by atoms with Crippen molar-refractivity contribution in [3.05, 3.63) is 64.7 Å². The predicted octanol–water partition coefficient (Wildman–Crippen LogP) is 5.28. The van der Waals surface area contributed by atoms with Crippen LogP contribution in [0.15, 0.2) is 46.9 Å². The molecule has 1 aliphatic rings. The number of furan rings is 1. The molecule has 3 aromatic rings. The van der Waals surface area contributed by atoms with Crippen LogP contribution in [0.5, 0.6) is 0 Å². The average Bonchev–Trinajstić information content (AvgIpc) is 3.07. The van der Waals surface area contributed by atoms with E-state index in [2.05, 4.69) is 25.7 Å². The van der Waals surface area contributed by atoms with E-state index in [9.17, 15) is 9.59 Å². The molecular formula is C26H30N2O3. The van der Waals surface area contributed by atoms with Gasteiger partial charge in [0.2, 0.25) is 0 Å². The molecular weight excluding hydrogens is 388 g/mol. The van der Waals surface area contributed by atoms with Crippen molar-refractivity contribution < 1.29 is 14.0 Å². The fourth-order valence-electron chi connectivity index (χ4n) is 4.71. The van der Waals surface area contributed by atoms with Crippen molar-refractivity contribution in [3.63, 3.8) is 0 Å². The lowest BCUT2D eigenvalue weighted by molar-refractivity contribution is 0.102. The maximum absolute atomic E-state index is 13.1. The zero-order chi connectivity index (χ0) is 22.2. The van der Waals surface area contributed by atoms with E-state index in [0.717, 1.165) is 49.7 Å². The number of benzene rings is 2. The fourth-order valence-corrected chi connectivity index (χ4v) is 4.71. The molecule has 0 spiro atoms. The van der Waals surface area contributed by atoms with Crippen molar-refractivity contribution in [2.45, 2.75) is 39.5 Å². The lowest BCUT2D eigenvalue weighted by Gasteiger charge is -2.36. The molecule has 1 aliphatic heterocycles. The second-order valence-corrected chi connectivity index (χ2v) is 9.74. The highest BCUT2D eigenvalue weighted by Crippen LogP contribution is 2.40. The van der Waals surface area contributed by atoms with E-state index in [1.807, 2.05) is 6.07 Å². The van der Waals surface area contributed by atoms with Crippen LogP contribution in [0.3, 0.4) is 0 Å². The Balaban J connectivity index is 1.63. The van der Waals surface area contributed by atoms with E-state index in [4.69, 9.17) is 10.2 Å². The number of likely N-dealkylation sites (tertiary alicyclic amines) is 1. The van der Waals surface area contributed by atoms with E-state index in [1.54, 1.807) is 36.4 Å². The van der Waals surface area contributed by atoms with Crippen molar-refractivity contribution >= 4 is 28.9 Å². The van der Waals surface area contributed by atoms with Crippen LogP contribution < -0.4 is 5.73 Å². The van der Waals surface area contributed by atoms with E-state index in [0.29, 0.717) is 34.1 Å². The van der Waals surface area contributed by atoms with Crippen LogP contribution in [0.1, 0.15) is 71.4 Å². The van der Waals surface area contributed by atoms with Crippen LogP contribution in [-0.4, -0.2) is 36.6 Å². The van der Waals surface area contributed by atoms with Gasteiger partial charge in [0.15, 0.2) is 18.0 Å². The molecule has 2 aromatic carbocycles. The van der Waals surface area contributed by atoms with Crippen LogP contribution in [0.2, 0.25) is 0 Å². The molecule has 0 aliphatic carbocycles. The summed E-state index contributed by atoms with van der Waals surface area (Å²) in [5, 5.41) is 0.904. The van der Waals surface area contributed by atoms with Gasteiger partial charge in [0, 0.05) is 34.2 Å². The molecule has 0 amide bonds. The van der Waals surface area contributed by atoms with Crippen LogP contribution >= 0.6 is 0 Å². The zero-order valence-electron chi connectivity index (χ0n) is 18.5. The molecule has 4 rings (SSSR count). The molecule has 1 saturated heterocycles. The molecule has 0 bridgehead atoms. The first-order valence-electron chi connectivity index (χ1n) is 10.9. The summed E-state index contributed by atoms with van der Waals surface area (Å²) in [5.41, 5.74) is 9.63. The minimum Gasteiger partial charge on any atom is -0.441 e. The summed E-state index contributed by atoms with van der Waals surface area (Å²) in [6.45, 7) is 9.93. The molecule has 5 nitrogen and oxygen atoms in total. The summed E-state index contributed by atoms with van der Waals surface area (Å²) < 4.78 is 5.84. The number of carbonyl (C=O) groups is 2. The maximum Gasteiger partial charge on any atom is 0.195 e. The van der Waals surface area contributed by atoms with E-state index in [1.165, 1.54) is 0 Å². The quantitative estimate of drug-likeness (QED) is 0.450. The molecule has 2 N–H and O–H groups in total. The van der Waals surface area contributed by atoms with Crippen LogP contribution in [0.25, 0.3) is 11.0 Å². The van der Waals surface area contributed by atoms with Gasteiger partial charge in [0.1, 0.15) is 5.58 Å². The highest BCUT2D eigenvalue weighted by atomic mass is 16.3. The van der Waals surface area contributed by atoms with Gasteiger partial charge in [-0.2, -0.15) is 0 Å². The number of rotatable bonds is 5. The summed E-state index contributed by atoms with van der Waals surface area (Å²) in [6.07, 6.45) is 2.75. The van der Waals surface area contributed by atoms with Gasteiger partial charge in [-0.05, 0) is 55.5 Å². The molecule has 1 aromatic heterocycles. The minimum absolute atomic E-state index is 0.171. The first kappa shape index (κ1) is 21.3. The molecule has 0 saturated carbocycles. The normalized spacial score (nSPS) is 16.0. The van der Waals surface area contributed by atoms with Crippen molar-refractivity contribution in [2.24, 2.45) is 5.41 Å². The number of nitrogens with zero attached hydrogens (tertiary/aromatic N) is 1. The second kappa shape index (κ2) is 8.31. The number of fused-ring (bicyclic) bond motifs is 1. The number of carbonyl (C=O) groups excluding carboxylic acids is 2. The largest absolute Gasteiger partial charge is 0.441 e. The van der Waals surface area contributed by atoms with E-state index < -0.39 is 0 Å². The summed E-state index contributed by atoms with van der Waals surface area (Å²) in [7, 11) is 0. The number of aldehydes is 1. The Bertz CT molecular complexity index is 1120. The Labute approximate surface area is 183 Å². The highest BCUT2D eigenvalue weighted by molar-refractivity contribution is 6.14. The van der Waals surface area contributed by atoms with Crippen LogP contribution in [0.4, 0.5) is 5.88 Å². The molecule has 0 unspecified atom stereocenters. The van der Waals surface area contributed by atoms with Gasteiger partial charge >= 0.3 is 0 Å². The molecule has 162 valence electrons. The maximum atomic E-state index is 13.1. The highest BCUT2D eigenvalue weighted by Gasteiger charge is 2.28. The first-order valence-corrected chi connectivity index (χ1v) is 10.9. The lowest BCUT2D eigenvalue weighted by Crippen LogP contribution is -2.38. The number of piperidine rings is 1. The Morgan fingerprint density at radius 1 is 1.16 bits per heavy atom. The Morgan fingerprint density at radius 2 is 1.87 bits per heavy atom. The predicted molar refractivity (Wildman–Crippen MR) is 124 cm³/mol. The van der Waals surface area contributed by atoms with E-state index in [-0.39, 0.29) is 11.2 Å². The third-order valence-electron chi connectivity index (χ3n) is 6.04. The minimum atomic E-state index is -0.171. The number of hydrogen-bond donors (Lipinski definition) is 1. The van der Waals surface area contributed by atoms with E-state index >= 15 is 0 Å². The molecule has 0 atom stereocenters. The third-order valence-corrected chi connectivity index (χ3v) is 6.04. The van der Waals surface area contributed by atoms with Crippen molar-refractivity contribution in [1.29, 1.82) is 0 Å². The Kier molecular flexibility index (Phi) is 5.71. The van der Waals surface area contributed by atoms with Crippen LogP contribution in [-0.2, 0) is 0 Å². The standard InChI is InChI=1S/C26H30N2O3/c1-26(2,3)16-28-12-10-17(11-13-28)23-21-14-18(8-9-22(21)31-25(23)27)24(30)20-7-5-4-6-19(20)15-29/h4-9,14-15,17H,10-13,16,27H2,1-3H3. The summed E-state index contributed by atoms with van der Waals surface area (Å²) in [5.74, 6) is 0.586. The van der Waals surface area contributed by atoms with Gasteiger partial charge in [-0.25, -0.2) is 0 Å². The van der Waals surface area contributed by atoms with Gasteiger partial charge in [-0.15, -0.1) is 0 Å². The fraction of sp³-hybridized carbons (Fsp3) is 0.385. The smallest absolute Gasteiger partial charge is 0.195 e. The number of nitrogen functional groups attached to an aromatic ring is 1. The van der Waals surface area contributed by atoms with Gasteiger partial charge < -0.3 is 15.1 Å². The average molecular weight is 419 g/mol. The number of hydrogen-bond acceptors (Lipinski definition) is 5. The number of ketones is 1. The molecule has 31 heavy (non-hydrogen) atoms. The molecule has 0 radical (unpaired) electrons. The lowest BCUT2D eigenvalue weighted by atomic mass is 9.86. The Morgan fingerprint density at radius 3 is 2.55 bits per heavy atom. The monoisotopic (exact) mass is 418 g/mol. The number of anilines is 1. The van der Waals surface area contributed by atoms with Crippen LogP contribution in [0, 0.1) is 5.41 Å².